The molecular formula is C14H16N4O2. The Morgan fingerprint density at radius 2 is 2.20 bits per heavy atom. The summed E-state index contributed by atoms with van der Waals surface area (Å²) in [5, 5.41) is 2.78. The molecular weight excluding hydrogens is 256 g/mol. The zero-order chi connectivity index (χ0) is 13.8. The highest BCUT2D eigenvalue weighted by Crippen LogP contribution is 2.16. The molecule has 1 aliphatic heterocycles. The highest BCUT2D eigenvalue weighted by molar-refractivity contribution is 5.93. The summed E-state index contributed by atoms with van der Waals surface area (Å²) in [5.41, 5.74) is 0.501. The summed E-state index contributed by atoms with van der Waals surface area (Å²) in [7, 11) is 0. The Kier molecular flexibility index (Phi) is 3.62. The van der Waals surface area contributed by atoms with Crippen LogP contribution in [0, 0.1) is 0 Å². The smallest absolute Gasteiger partial charge is 0.254 e. The molecule has 3 heterocycles. The second kappa shape index (κ2) is 5.73. The number of carbonyl (C=O) groups excluding carboxylic acids is 1. The van der Waals surface area contributed by atoms with Crippen LogP contribution in [0.3, 0.4) is 0 Å². The van der Waals surface area contributed by atoms with E-state index in [9.17, 15) is 4.79 Å². The van der Waals surface area contributed by atoms with Crippen molar-refractivity contribution in [2.75, 3.05) is 18.0 Å². The summed E-state index contributed by atoms with van der Waals surface area (Å²) in [6, 6.07) is 3.53. The summed E-state index contributed by atoms with van der Waals surface area (Å²) in [6.45, 7) is 2.39. The lowest BCUT2D eigenvalue weighted by atomic mass is 10.3. The van der Waals surface area contributed by atoms with Crippen LogP contribution >= 0.6 is 0 Å². The van der Waals surface area contributed by atoms with Gasteiger partial charge in [0.05, 0.1) is 18.4 Å². The predicted octanol–water partition coefficient (Wildman–Crippen LogP) is 1.60. The lowest BCUT2D eigenvalue weighted by Crippen LogP contribution is -2.25. The van der Waals surface area contributed by atoms with Crippen LogP contribution in [-0.2, 0) is 6.54 Å². The number of amides is 1. The van der Waals surface area contributed by atoms with Gasteiger partial charge in [0.2, 0.25) is 0 Å². The van der Waals surface area contributed by atoms with Crippen LogP contribution in [-0.4, -0.2) is 29.0 Å². The maximum atomic E-state index is 11.8. The van der Waals surface area contributed by atoms with Crippen molar-refractivity contribution in [2.45, 2.75) is 19.4 Å². The summed E-state index contributed by atoms with van der Waals surface area (Å²) in [4.78, 5) is 22.7. The molecule has 3 rings (SSSR count). The molecule has 2 aromatic heterocycles. The molecule has 0 unspecified atom stereocenters. The van der Waals surface area contributed by atoms with Crippen LogP contribution in [0.1, 0.15) is 29.0 Å². The largest absolute Gasteiger partial charge is 0.472 e. The molecule has 20 heavy (non-hydrogen) atoms. The molecule has 0 radical (unpaired) electrons. The molecule has 1 saturated heterocycles. The summed E-state index contributed by atoms with van der Waals surface area (Å²) < 4.78 is 4.88. The fourth-order valence-corrected chi connectivity index (χ4v) is 2.25. The van der Waals surface area contributed by atoms with Gasteiger partial charge in [0.15, 0.2) is 0 Å². The van der Waals surface area contributed by atoms with Crippen LogP contribution in [0.25, 0.3) is 0 Å². The molecule has 1 fully saturated rings. The van der Waals surface area contributed by atoms with Gasteiger partial charge >= 0.3 is 0 Å². The maximum Gasteiger partial charge on any atom is 0.254 e. The topological polar surface area (TPSA) is 71.3 Å². The fourth-order valence-electron chi connectivity index (χ4n) is 2.25. The quantitative estimate of drug-likeness (QED) is 0.915. The van der Waals surface area contributed by atoms with Crippen LogP contribution < -0.4 is 10.2 Å². The van der Waals surface area contributed by atoms with Crippen molar-refractivity contribution in [2.24, 2.45) is 0 Å². The molecule has 6 nitrogen and oxygen atoms in total. The Balaban J connectivity index is 1.62. The fraction of sp³-hybridized carbons (Fsp3) is 0.357. The minimum Gasteiger partial charge on any atom is -0.472 e. The van der Waals surface area contributed by atoms with Crippen molar-refractivity contribution < 1.29 is 9.21 Å². The van der Waals surface area contributed by atoms with Gasteiger partial charge in [-0.15, -0.1) is 0 Å². The molecule has 0 atom stereocenters. The number of nitrogens with one attached hydrogen (secondary N) is 1. The first-order chi connectivity index (χ1) is 9.83. The van der Waals surface area contributed by atoms with E-state index in [-0.39, 0.29) is 5.91 Å². The Labute approximate surface area is 116 Å². The summed E-state index contributed by atoms with van der Waals surface area (Å²) in [5.74, 6) is 1.37. The highest BCUT2D eigenvalue weighted by atomic mass is 16.3. The van der Waals surface area contributed by atoms with E-state index in [0.29, 0.717) is 17.9 Å². The number of hydrogen-bond donors (Lipinski definition) is 1. The van der Waals surface area contributed by atoms with Gasteiger partial charge in [-0.05, 0) is 25.0 Å². The first-order valence-corrected chi connectivity index (χ1v) is 6.70. The van der Waals surface area contributed by atoms with Gasteiger partial charge in [-0.2, -0.15) is 0 Å². The van der Waals surface area contributed by atoms with E-state index in [0.717, 1.165) is 18.9 Å². The molecule has 6 heteroatoms. The molecule has 0 aromatic carbocycles. The SMILES string of the molecule is O=C(NCc1nccc(N2CCCC2)n1)c1ccoc1. The van der Waals surface area contributed by atoms with Gasteiger partial charge in [0.1, 0.15) is 17.9 Å². The van der Waals surface area contributed by atoms with E-state index in [1.54, 1.807) is 12.3 Å². The number of rotatable bonds is 4. The van der Waals surface area contributed by atoms with E-state index < -0.39 is 0 Å². The van der Waals surface area contributed by atoms with Gasteiger partial charge < -0.3 is 14.6 Å². The average Bonchev–Trinajstić information content (AvgIpc) is 3.17. The molecule has 1 amide bonds. The third kappa shape index (κ3) is 2.79. The molecule has 0 aliphatic carbocycles. The van der Waals surface area contributed by atoms with Gasteiger partial charge in [-0.3, -0.25) is 4.79 Å². The molecule has 1 N–H and O–H groups in total. The molecule has 0 bridgehead atoms. The first kappa shape index (κ1) is 12.7. The van der Waals surface area contributed by atoms with Crippen molar-refractivity contribution in [1.82, 2.24) is 15.3 Å². The Hall–Kier alpha value is -2.37. The molecule has 0 saturated carbocycles. The van der Waals surface area contributed by atoms with Crippen LogP contribution in [0.2, 0.25) is 0 Å². The second-order valence-corrected chi connectivity index (χ2v) is 4.72. The van der Waals surface area contributed by atoms with Crippen molar-refractivity contribution >= 4 is 11.7 Å². The predicted molar refractivity (Wildman–Crippen MR) is 73.4 cm³/mol. The van der Waals surface area contributed by atoms with Crippen LogP contribution in [0.15, 0.2) is 35.3 Å². The number of furan rings is 1. The van der Waals surface area contributed by atoms with Crippen molar-refractivity contribution in [1.29, 1.82) is 0 Å². The van der Waals surface area contributed by atoms with Crippen LogP contribution in [0.4, 0.5) is 5.82 Å². The van der Waals surface area contributed by atoms with Crippen molar-refractivity contribution in [3.63, 3.8) is 0 Å². The zero-order valence-electron chi connectivity index (χ0n) is 11.1. The minimum atomic E-state index is -0.186. The van der Waals surface area contributed by atoms with E-state index in [1.165, 1.54) is 25.4 Å². The second-order valence-electron chi connectivity index (χ2n) is 4.72. The van der Waals surface area contributed by atoms with Crippen molar-refractivity contribution in [3.05, 3.63) is 42.2 Å². The van der Waals surface area contributed by atoms with Gasteiger partial charge in [-0.1, -0.05) is 0 Å². The lowest BCUT2D eigenvalue weighted by molar-refractivity contribution is 0.0949. The zero-order valence-corrected chi connectivity index (χ0v) is 11.1. The lowest BCUT2D eigenvalue weighted by Gasteiger charge is -2.16. The van der Waals surface area contributed by atoms with E-state index in [2.05, 4.69) is 20.2 Å². The maximum absolute atomic E-state index is 11.8. The first-order valence-electron chi connectivity index (χ1n) is 6.70. The number of anilines is 1. The van der Waals surface area contributed by atoms with Crippen LogP contribution in [0.5, 0.6) is 0 Å². The minimum absolute atomic E-state index is 0.186. The number of hydrogen-bond acceptors (Lipinski definition) is 5. The molecule has 1 aliphatic rings. The molecule has 0 spiro atoms. The van der Waals surface area contributed by atoms with E-state index >= 15 is 0 Å². The molecule has 104 valence electrons. The number of nitrogens with zero attached hydrogens (tertiary/aromatic N) is 3. The summed E-state index contributed by atoms with van der Waals surface area (Å²) >= 11 is 0. The monoisotopic (exact) mass is 272 g/mol. The third-order valence-electron chi connectivity index (χ3n) is 3.31. The van der Waals surface area contributed by atoms with E-state index in [4.69, 9.17) is 4.42 Å². The Morgan fingerprint density at radius 1 is 1.35 bits per heavy atom. The third-order valence-corrected chi connectivity index (χ3v) is 3.31. The standard InChI is InChI=1S/C14H16N4O2/c19-14(11-4-8-20-10-11)16-9-12-15-5-3-13(17-12)18-6-1-2-7-18/h3-5,8,10H,1-2,6-7,9H2,(H,16,19). The van der Waals surface area contributed by atoms with Crippen molar-refractivity contribution in [3.8, 4) is 0 Å². The average molecular weight is 272 g/mol. The number of carbonyl (C=O) groups is 1. The van der Waals surface area contributed by atoms with E-state index in [1.807, 2.05) is 6.07 Å². The normalized spacial score (nSPS) is 14.5. The number of aromatic nitrogens is 2. The van der Waals surface area contributed by atoms with Gasteiger partial charge in [-0.25, -0.2) is 9.97 Å². The Morgan fingerprint density at radius 3 is 2.95 bits per heavy atom. The van der Waals surface area contributed by atoms with Gasteiger partial charge in [0.25, 0.3) is 5.91 Å². The Bertz CT molecular complexity index is 577. The van der Waals surface area contributed by atoms with Gasteiger partial charge in [0, 0.05) is 19.3 Å². The molecule has 2 aromatic rings. The highest BCUT2D eigenvalue weighted by Gasteiger charge is 2.14. The summed E-state index contributed by atoms with van der Waals surface area (Å²) in [6.07, 6.45) is 7.03.